The summed E-state index contributed by atoms with van der Waals surface area (Å²) in [5.74, 6) is 2.05. The van der Waals surface area contributed by atoms with E-state index in [1.165, 1.54) is 5.56 Å². The Bertz CT molecular complexity index is 589. The van der Waals surface area contributed by atoms with E-state index in [-0.39, 0.29) is 36.4 Å². The Morgan fingerprint density at radius 1 is 1.27 bits per heavy atom. The molecule has 6 nitrogen and oxygen atoms in total. The van der Waals surface area contributed by atoms with Gasteiger partial charge in [-0.25, -0.2) is 4.99 Å². The number of nitrogens with one attached hydrogen (secondary N) is 2. The molecular formula is C19H33IN4O2. The van der Waals surface area contributed by atoms with Crippen LogP contribution in [0.4, 0.5) is 0 Å². The maximum absolute atomic E-state index is 11.7. The minimum Gasteiger partial charge on any atom is -0.496 e. The topological polar surface area (TPSA) is 66.0 Å². The van der Waals surface area contributed by atoms with Crippen LogP contribution in [0.25, 0.3) is 0 Å². The number of guanidine groups is 1. The van der Waals surface area contributed by atoms with Crippen LogP contribution in [0.3, 0.4) is 0 Å². The van der Waals surface area contributed by atoms with Gasteiger partial charge < -0.3 is 20.3 Å². The molecule has 7 heteroatoms. The second-order valence-corrected chi connectivity index (χ2v) is 6.71. The molecule has 0 saturated heterocycles. The van der Waals surface area contributed by atoms with E-state index in [1.807, 2.05) is 6.92 Å². The average molecular weight is 476 g/mol. The summed E-state index contributed by atoms with van der Waals surface area (Å²) in [6, 6.07) is 6.23. The summed E-state index contributed by atoms with van der Waals surface area (Å²) in [4.78, 5) is 17.7. The third-order valence-corrected chi connectivity index (χ3v) is 3.73. The first-order valence-corrected chi connectivity index (χ1v) is 8.69. The Kier molecular flexibility index (Phi) is 12.0. The fraction of sp³-hybridized carbons (Fsp3) is 0.579. The smallest absolute Gasteiger partial charge is 0.243 e. The van der Waals surface area contributed by atoms with Crippen molar-refractivity contribution < 1.29 is 9.53 Å². The van der Waals surface area contributed by atoms with E-state index >= 15 is 0 Å². The SMILES string of the molecule is COc1cc(CCNC(=NCC(=O)N(C)C)NCC(C)C)ccc1C.I. The van der Waals surface area contributed by atoms with Gasteiger partial charge in [0.2, 0.25) is 5.91 Å². The van der Waals surface area contributed by atoms with Crippen LogP contribution >= 0.6 is 24.0 Å². The van der Waals surface area contributed by atoms with Crippen molar-refractivity contribution in [3.63, 3.8) is 0 Å². The Balaban J connectivity index is 0.00000625. The first-order valence-electron chi connectivity index (χ1n) is 8.69. The second kappa shape index (κ2) is 12.8. The van der Waals surface area contributed by atoms with Gasteiger partial charge >= 0.3 is 0 Å². The lowest BCUT2D eigenvalue weighted by Gasteiger charge is -2.15. The molecule has 0 bridgehead atoms. The minimum atomic E-state index is -0.0195. The zero-order valence-corrected chi connectivity index (χ0v) is 19.1. The first-order chi connectivity index (χ1) is 11.8. The number of aliphatic imine (C=N–C) groups is 1. The quantitative estimate of drug-likeness (QED) is 0.344. The fourth-order valence-electron chi connectivity index (χ4n) is 2.11. The number of methoxy groups -OCH3 is 1. The summed E-state index contributed by atoms with van der Waals surface area (Å²) < 4.78 is 5.37. The van der Waals surface area contributed by atoms with Crippen molar-refractivity contribution in [1.82, 2.24) is 15.5 Å². The van der Waals surface area contributed by atoms with Gasteiger partial charge in [0.25, 0.3) is 0 Å². The van der Waals surface area contributed by atoms with Gasteiger partial charge in [-0.05, 0) is 36.5 Å². The zero-order chi connectivity index (χ0) is 18.8. The van der Waals surface area contributed by atoms with Crippen LogP contribution in [0.2, 0.25) is 0 Å². The number of benzene rings is 1. The van der Waals surface area contributed by atoms with E-state index in [0.717, 1.165) is 30.8 Å². The molecule has 0 aliphatic heterocycles. The summed E-state index contributed by atoms with van der Waals surface area (Å²) in [6.45, 7) is 7.97. The number of nitrogens with zero attached hydrogens (tertiary/aromatic N) is 2. The molecule has 0 radical (unpaired) electrons. The molecule has 0 heterocycles. The fourth-order valence-corrected chi connectivity index (χ4v) is 2.11. The maximum atomic E-state index is 11.7. The second-order valence-electron chi connectivity index (χ2n) is 6.71. The lowest BCUT2D eigenvalue weighted by Crippen LogP contribution is -2.41. The van der Waals surface area contributed by atoms with Crippen molar-refractivity contribution in [3.8, 4) is 5.75 Å². The molecule has 2 N–H and O–H groups in total. The largest absolute Gasteiger partial charge is 0.496 e. The van der Waals surface area contributed by atoms with Gasteiger partial charge in [-0.15, -0.1) is 24.0 Å². The maximum Gasteiger partial charge on any atom is 0.243 e. The van der Waals surface area contributed by atoms with Gasteiger partial charge in [-0.3, -0.25) is 4.79 Å². The van der Waals surface area contributed by atoms with Crippen molar-refractivity contribution >= 4 is 35.8 Å². The summed E-state index contributed by atoms with van der Waals surface area (Å²) in [7, 11) is 5.15. The molecule has 0 atom stereocenters. The molecule has 1 aromatic carbocycles. The highest BCUT2D eigenvalue weighted by molar-refractivity contribution is 14.0. The van der Waals surface area contributed by atoms with E-state index in [9.17, 15) is 4.79 Å². The summed E-state index contributed by atoms with van der Waals surface area (Å²) in [6.07, 6.45) is 0.848. The van der Waals surface area contributed by atoms with E-state index < -0.39 is 0 Å². The van der Waals surface area contributed by atoms with Gasteiger partial charge in [0.05, 0.1) is 7.11 Å². The van der Waals surface area contributed by atoms with Crippen LogP contribution in [0.5, 0.6) is 5.75 Å². The molecule has 1 aromatic rings. The van der Waals surface area contributed by atoms with Crippen molar-refractivity contribution in [2.45, 2.75) is 27.2 Å². The van der Waals surface area contributed by atoms with Gasteiger partial charge in [0.1, 0.15) is 12.3 Å². The van der Waals surface area contributed by atoms with Crippen LogP contribution in [-0.4, -0.2) is 57.6 Å². The molecule has 1 rings (SSSR count). The number of carbonyl (C=O) groups excluding carboxylic acids is 1. The summed E-state index contributed by atoms with van der Waals surface area (Å²) in [5, 5.41) is 6.57. The van der Waals surface area contributed by atoms with Gasteiger partial charge in [0, 0.05) is 27.2 Å². The molecule has 0 saturated carbocycles. The number of ether oxygens (including phenoxy) is 1. The number of likely N-dealkylation sites (N-methyl/N-ethyl adjacent to an activating group) is 1. The van der Waals surface area contributed by atoms with E-state index in [1.54, 1.807) is 26.1 Å². The van der Waals surface area contributed by atoms with Gasteiger partial charge in [0.15, 0.2) is 5.96 Å². The molecule has 0 unspecified atom stereocenters. The Morgan fingerprint density at radius 3 is 2.54 bits per heavy atom. The van der Waals surface area contributed by atoms with Gasteiger partial charge in [-0.1, -0.05) is 26.0 Å². The third kappa shape index (κ3) is 9.26. The molecular weight excluding hydrogens is 443 g/mol. The van der Waals surface area contributed by atoms with E-state index in [0.29, 0.717) is 11.9 Å². The van der Waals surface area contributed by atoms with Crippen molar-refractivity contribution in [2.24, 2.45) is 10.9 Å². The lowest BCUT2D eigenvalue weighted by molar-refractivity contribution is -0.127. The van der Waals surface area contributed by atoms with Crippen LogP contribution in [0.15, 0.2) is 23.2 Å². The molecule has 0 spiro atoms. The summed E-state index contributed by atoms with van der Waals surface area (Å²) >= 11 is 0. The Labute approximate surface area is 174 Å². The Morgan fingerprint density at radius 2 is 1.96 bits per heavy atom. The number of hydrogen-bond donors (Lipinski definition) is 2. The average Bonchev–Trinajstić information content (AvgIpc) is 2.57. The highest BCUT2D eigenvalue weighted by atomic mass is 127. The molecule has 0 fully saturated rings. The zero-order valence-electron chi connectivity index (χ0n) is 16.8. The number of amides is 1. The number of hydrogen-bond acceptors (Lipinski definition) is 3. The van der Waals surface area contributed by atoms with Gasteiger partial charge in [-0.2, -0.15) is 0 Å². The lowest BCUT2D eigenvalue weighted by atomic mass is 10.1. The number of carbonyl (C=O) groups is 1. The highest BCUT2D eigenvalue weighted by Gasteiger charge is 2.06. The minimum absolute atomic E-state index is 0. The molecule has 1 amide bonds. The van der Waals surface area contributed by atoms with Crippen molar-refractivity contribution in [3.05, 3.63) is 29.3 Å². The number of aryl methyl sites for hydroxylation is 1. The molecule has 0 aliphatic carbocycles. The van der Waals surface area contributed by atoms with E-state index in [4.69, 9.17) is 4.74 Å². The molecule has 0 aliphatic rings. The standard InChI is InChI=1S/C19H32N4O2.HI/c1-14(2)12-21-19(22-13-18(24)23(4)5)20-10-9-16-8-7-15(3)17(11-16)25-6;/h7-8,11,14H,9-10,12-13H2,1-6H3,(H2,20,21,22);1H. The molecule has 0 aromatic heterocycles. The predicted molar refractivity (Wildman–Crippen MR) is 119 cm³/mol. The molecule has 26 heavy (non-hydrogen) atoms. The predicted octanol–water partition coefficient (Wildman–Crippen LogP) is 2.44. The van der Waals surface area contributed by atoms with Crippen molar-refractivity contribution in [1.29, 1.82) is 0 Å². The van der Waals surface area contributed by atoms with E-state index in [2.05, 4.69) is 47.7 Å². The first kappa shape index (κ1) is 24.5. The monoisotopic (exact) mass is 476 g/mol. The third-order valence-electron chi connectivity index (χ3n) is 3.73. The highest BCUT2D eigenvalue weighted by Crippen LogP contribution is 2.18. The van der Waals surface area contributed by atoms with Crippen LogP contribution < -0.4 is 15.4 Å². The van der Waals surface area contributed by atoms with Crippen molar-refractivity contribution in [2.75, 3.05) is 40.8 Å². The summed E-state index contributed by atoms with van der Waals surface area (Å²) in [5.41, 5.74) is 2.32. The molecule has 148 valence electrons. The normalized spacial score (nSPS) is 11.0. The number of rotatable bonds is 8. The van der Waals surface area contributed by atoms with Crippen LogP contribution in [0, 0.1) is 12.8 Å². The number of halogens is 1. The van der Waals surface area contributed by atoms with Crippen LogP contribution in [0.1, 0.15) is 25.0 Å². The van der Waals surface area contributed by atoms with Crippen LogP contribution in [-0.2, 0) is 11.2 Å². The Hall–Kier alpha value is -1.51.